The predicted octanol–water partition coefficient (Wildman–Crippen LogP) is 4.79. The number of pyridine rings is 1. The highest BCUT2D eigenvalue weighted by Crippen LogP contribution is 2.29. The van der Waals surface area contributed by atoms with Gasteiger partial charge in [-0.1, -0.05) is 46.6 Å². The third-order valence-corrected chi connectivity index (χ3v) is 3.64. The molecule has 1 nitrogen and oxygen atoms in total. The zero-order valence-electron chi connectivity index (χ0n) is 11.2. The molecule has 0 fully saturated rings. The zero-order chi connectivity index (χ0) is 12.0. The molecule has 0 amide bonds. The number of aromatic nitrogens is 1. The van der Waals surface area contributed by atoms with Gasteiger partial charge in [0.25, 0.3) is 0 Å². The van der Waals surface area contributed by atoms with Gasteiger partial charge in [-0.3, -0.25) is 4.98 Å². The Kier molecular flexibility index (Phi) is 4.98. The smallest absolute Gasteiger partial charge is 0.0431 e. The van der Waals surface area contributed by atoms with Gasteiger partial charge in [0.15, 0.2) is 0 Å². The molecule has 90 valence electrons. The van der Waals surface area contributed by atoms with Crippen LogP contribution in [0, 0.1) is 5.41 Å². The van der Waals surface area contributed by atoms with E-state index in [0.29, 0.717) is 11.3 Å². The van der Waals surface area contributed by atoms with Gasteiger partial charge in [0, 0.05) is 11.9 Å². The second kappa shape index (κ2) is 6.03. The topological polar surface area (TPSA) is 12.9 Å². The molecule has 1 heterocycles. The van der Waals surface area contributed by atoms with Crippen molar-refractivity contribution in [1.29, 1.82) is 0 Å². The van der Waals surface area contributed by atoms with E-state index >= 15 is 0 Å². The van der Waals surface area contributed by atoms with Crippen LogP contribution in [0.4, 0.5) is 0 Å². The monoisotopic (exact) mass is 219 g/mol. The van der Waals surface area contributed by atoms with E-state index in [0.717, 1.165) is 0 Å². The fourth-order valence-electron chi connectivity index (χ4n) is 1.88. The molecule has 1 aromatic rings. The molecular weight excluding hydrogens is 194 g/mol. The SMILES string of the molecule is CCC(C)(C)CCCC(C)c1ccccn1. The van der Waals surface area contributed by atoms with E-state index in [-0.39, 0.29) is 0 Å². The van der Waals surface area contributed by atoms with Crippen molar-refractivity contribution in [2.45, 2.75) is 59.3 Å². The average molecular weight is 219 g/mol. The number of nitrogens with zero attached hydrogens (tertiary/aromatic N) is 1. The van der Waals surface area contributed by atoms with E-state index in [1.54, 1.807) is 0 Å². The van der Waals surface area contributed by atoms with Crippen molar-refractivity contribution in [3.8, 4) is 0 Å². The maximum Gasteiger partial charge on any atom is 0.0431 e. The molecule has 0 aliphatic carbocycles. The van der Waals surface area contributed by atoms with Crippen LogP contribution in [0.3, 0.4) is 0 Å². The first-order valence-electron chi connectivity index (χ1n) is 6.46. The van der Waals surface area contributed by atoms with Crippen LogP contribution in [-0.4, -0.2) is 4.98 Å². The Morgan fingerprint density at radius 2 is 2.06 bits per heavy atom. The quantitative estimate of drug-likeness (QED) is 0.670. The molecule has 0 spiro atoms. The van der Waals surface area contributed by atoms with Crippen LogP contribution >= 0.6 is 0 Å². The van der Waals surface area contributed by atoms with Crippen LogP contribution in [-0.2, 0) is 0 Å². The van der Waals surface area contributed by atoms with Crippen molar-refractivity contribution in [2.24, 2.45) is 5.41 Å². The highest BCUT2D eigenvalue weighted by molar-refractivity contribution is 5.08. The van der Waals surface area contributed by atoms with Crippen LogP contribution in [0.15, 0.2) is 24.4 Å². The van der Waals surface area contributed by atoms with Crippen LogP contribution in [0.1, 0.15) is 65.0 Å². The van der Waals surface area contributed by atoms with E-state index in [1.807, 2.05) is 12.3 Å². The minimum absolute atomic E-state index is 0.504. The second-order valence-electron chi connectivity index (χ2n) is 5.57. The van der Waals surface area contributed by atoms with Gasteiger partial charge in [-0.25, -0.2) is 0 Å². The summed E-state index contributed by atoms with van der Waals surface area (Å²) in [6, 6.07) is 6.20. The first-order chi connectivity index (χ1) is 7.55. The van der Waals surface area contributed by atoms with Gasteiger partial charge < -0.3 is 0 Å². The Bertz CT molecular complexity index is 290. The molecule has 1 aromatic heterocycles. The lowest BCUT2D eigenvalue weighted by molar-refractivity contribution is 0.305. The normalized spacial score (nSPS) is 13.8. The fraction of sp³-hybridized carbons (Fsp3) is 0.667. The van der Waals surface area contributed by atoms with E-state index < -0.39 is 0 Å². The van der Waals surface area contributed by atoms with E-state index in [9.17, 15) is 0 Å². The molecule has 0 aliphatic heterocycles. The third-order valence-electron chi connectivity index (χ3n) is 3.64. The van der Waals surface area contributed by atoms with E-state index in [2.05, 4.69) is 44.8 Å². The molecule has 16 heavy (non-hydrogen) atoms. The van der Waals surface area contributed by atoms with Crippen molar-refractivity contribution >= 4 is 0 Å². The molecule has 0 aromatic carbocycles. The van der Waals surface area contributed by atoms with Gasteiger partial charge in [-0.2, -0.15) is 0 Å². The van der Waals surface area contributed by atoms with Crippen LogP contribution in [0.2, 0.25) is 0 Å². The summed E-state index contributed by atoms with van der Waals surface area (Å²) in [5, 5.41) is 0. The first kappa shape index (κ1) is 13.2. The number of hydrogen-bond acceptors (Lipinski definition) is 1. The molecule has 0 saturated carbocycles. The minimum atomic E-state index is 0.504. The van der Waals surface area contributed by atoms with E-state index in [1.165, 1.54) is 31.4 Å². The van der Waals surface area contributed by atoms with Gasteiger partial charge >= 0.3 is 0 Å². The molecule has 1 rings (SSSR count). The van der Waals surface area contributed by atoms with Gasteiger partial charge in [0.1, 0.15) is 0 Å². The third kappa shape index (κ3) is 4.34. The zero-order valence-corrected chi connectivity index (χ0v) is 11.2. The predicted molar refractivity (Wildman–Crippen MR) is 70.6 cm³/mol. The van der Waals surface area contributed by atoms with Crippen molar-refractivity contribution < 1.29 is 0 Å². The van der Waals surface area contributed by atoms with Crippen molar-refractivity contribution in [1.82, 2.24) is 4.98 Å². The molecule has 0 N–H and O–H groups in total. The molecule has 0 aliphatic rings. The molecule has 1 heteroatoms. The Morgan fingerprint density at radius 1 is 1.31 bits per heavy atom. The van der Waals surface area contributed by atoms with E-state index in [4.69, 9.17) is 0 Å². The lowest BCUT2D eigenvalue weighted by Gasteiger charge is -2.23. The van der Waals surface area contributed by atoms with Gasteiger partial charge in [-0.05, 0) is 36.3 Å². The van der Waals surface area contributed by atoms with Crippen LogP contribution < -0.4 is 0 Å². The van der Waals surface area contributed by atoms with Crippen molar-refractivity contribution in [3.05, 3.63) is 30.1 Å². The van der Waals surface area contributed by atoms with Gasteiger partial charge in [0.05, 0.1) is 0 Å². The Hall–Kier alpha value is -0.850. The summed E-state index contributed by atoms with van der Waals surface area (Å²) in [5.74, 6) is 0.592. The van der Waals surface area contributed by atoms with Crippen molar-refractivity contribution in [2.75, 3.05) is 0 Å². The minimum Gasteiger partial charge on any atom is -0.261 e. The number of rotatable bonds is 6. The summed E-state index contributed by atoms with van der Waals surface area (Å²) in [4.78, 5) is 4.41. The Labute approximate surface area is 100 Å². The fourth-order valence-corrected chi connectivity index (χ4v) is 1.88. The summed E-state index contributed by atoms with van der Waals surface area (Å²) < 4.78 is 0. The largest absolute Gasteiger partial charge is 0.261 e. The molecule has 0 bridgehead atoms. The maximum atomic E-state index is 4.41. The van der Waals surface area contributed by atoms with Crippen LogP contribution in [0.5, 0.6) is 0 Å². The summed E-state index contributed by atoms with van der Waals surface area (Å²) in [5.41, 5.74) is 1.74. The lowest BCUT2D eigenvalue weighted by Crippen LogP contribution is -2.09. The van der Waals surface area contributed by atoms with Crippen molar-refractivity contribution in [3.63, 3.8) is 0 Å². The molecule has 0 radical (unpaired) electrons. The summed E-state index contributed by atoms with van der Waals surface area (Å²) in [7, 11) is 0. The maximum absolute atomic E-state index is 4.41. The summed E-state index contributed by atoms with van der Waals surface area (Å²) in [6.07, 6.45) is 7.03. The summed E-state index contributed by atoms with van der Waals surface area (Å²) in [6.45, 7) is 9.28. The Morgan fingerprint density at radius 3 is 2.62 bits per heavy atom. The lowest BCUT2D eigenvalue weighted by atomic mass is 9.83. The van der Waals surface area contributed by atoms with Crippen LogP contribution in [0.25, 0.3) is 0 Å². The molecule has 0 saturated heterocycles. The van der Waals surface area contributed by atoms with Gasteiger partial charge in [0.2, 0.25) is 0 Å². The second-order valence-corrected chi connectivity index (χ2v) is 5.57. The number of hydrogen-bond donors (Lipinski definition) is 0. The molecule has 1 unspecified atom stereocenters. The average Bonchev–Trinajstić information content (AvgIpc) is 2.30. The highest BCUT2D eigenvalue weighted by atomic mass is 14.7. The standard InChI is InChI=1S/C15H25N/c1-5-15(3,4)11-8-9-13(2)14-10-6-7-12-16-14/h6-7,10,12-13H,5,8-9,11H2,1-4H3. The summed E-state index contributed by atoms with van der Waals surface area (Å²) >= 11 is 0. The molecule has 1 atom stereocenters. The first-order valence-corrected chi connectivity index (χ1v) is 6.46. The van der Waals surface area contributed by atoms with Gasteiger partial charge in [-0.15, -0.1) is 0 Å². The molecular formula is C15H25N. The Balaban J connectivity index is 2.34. The highest BCUT2D eigenvalue weighted by Gasteiger charge is 2.15.